The van der Waals surface area contributed by atoms with Crippen LogP contribution in [0.2, 0.25) is 5.02 Å². The van der Waals surface area contributed by atoms with Gasteiger partial charge in [-0.05, 0) is 12.1 Å². The molecule has 0 radical (unpaired) electrons. The Morgan fingerprint density at radius 2 is 2.07 bits per heavy atom. The zero-order valence-corrected chi connectivity index (χ0v) is 16.3. The number of ether oxygens (including phenoxy) is 2. The van der Waals surface area contributed by atoms with E-state index in [2.05, 4.69) is 14.8 Å². The van der Waals surface area contributed by atoms with Crippen molar-refractivity contribution >= 4 is 28.7 Å². The highest BCUT2D eigenvalue weighted by atomic mass is 35.5. The Labute approximate surface area is 169 Å². The van der Waals surface area contributed by atoms with Crippen molar-refractivity contribution in [1.29, 1.82) is 0 Å². The standard InChI is InChI=1S/C19H15ClFN3O3S/c1-26-18(25)28-17-22-11-23-24(17)10-19(13-7-3-5-9-15(13)21)16(27-19)12-6-2-4-8-14(12)20/h2-9,11,16H,10H2,1H3. The van der Waals surface area contributed by atoms with Gasteiger partial charge in [-0.3, -0.25) is 0 Å². The maximum Gasteiger partial charge on any atom is 0.374 e. The number of benzene rings is 2. The minimum atomic E-state index is -1.02. The number of thioether (sulfide) groups is 1. The van der Waals surface area contributed by atoms with Crippen LogP contribution in [0.15, 0.2) is 60.0 Å². The lowest BCUT2D eigenvalue weighted by Crippen LogP contribution is -2.22. The second-order valence-electron chi connectivity index (χ2n) is 6.15. The molecule has 0 N–H and O–H groups in total. The predicted molar refractivity (Wildman–Crippen MR) is 102 cm³/mol. The number of hydrogen-bond acceptors (Lipinski definition) is 6. The van der Waals surface area contributed by atoms with Gasteiger partial charge in [0.25, 0.3) is 0 Å². The summed E-state index contributed by atoms with van der Waals surface area (Å²) in [6, 6.07) is 13.7. The molecule has 4 rings (SSSR count). The first-order valence-corrected chi connectivity index (χ1v) is 9.55. The maximum absolute atomic E-state index is 14.7. The number of methoxy groups -OCH3 is 1. The van der Waals surface area contributed by atoms with Crippen LogP contribution >= 0.6 is 23.4 Å². The first kappa shape index (κ1) is 18.9. The second kappa shape index (κ2) is 7.54. The van der Waals surface area contributed by atoms with Gasteiger partial charge in [0.15, 0.2) is 5.16 Å². The third-order valence-electron chi connectivity index (χ3n) is 4.52. The molecular weight excluding hydrogens is 405 g/mol. The number of nitrogens with zero attached hydrogens (tertiary/aromatic N) is 3. The monoisotopic (exact) mass is 419 g/mol. The molecule has 0 amide bonds. The van der Waals surface area contributed by atoms with Gasteiger partial charge >= 0.3 is 5.30 Å². The highest BCUT2D eigenvalue weighted by Gasteiger charge is 2.61. The average molecular weight is 420 g/mol. The van der Waals surface area contributed by atoms with E-state index < -0.39 is 17.0 Å². The van der Waals surface area contributed by atoms with Gasteiger partial charge in [0, 0.05) is 27.9 Å². The SMILES string of the molecule is COC(=O)Sc1ncnn1CC1(c2ccccc2F)OC1c1ccccc1Cl. The number of halogens is 2. The fourth-order valence-electron chi connectivity index (χ4n) is 3.17. The van der Waals surface area contributed by atoms with Gasteiger partial charge in [-0.1, -0.05) is 48.0 Å². The Bertz CT molecular complexity index is 1030. The molecule has 2 aromatic carbocycles. The van der Waals surface area contributed by atoms with Crippen LogP contribution in [0.3, 0.4) is 0 Å². The van der Waals surface area contributed by atoms with Crippen LogP contribution in [0, 0.1) is 5.82 Å². The molecule has 2 atom stereocenters. The largest absolute Gasteiger partial charge is 0.461 e. The van der Waals surface area contributed by atoms with Crippen molar-refractivity contribution in [1.82, 2.24) is 14.8 Å². The van der Waals surface area contributed by atoms with Crippen LogP contribution in [-0.4, -0.2) is 27.2 Å². The molecule has 1 fully saturated rings. The van der Waals surface area contributed by atoms with Gasteiger partial charge in [-0.25, -0.2) is 18.9 Å². The lowest BCUT2D eigenvalue weighted by Gasteiger charge is -2.16. The summed E-state index contributed by atoms with van der Waals surface area (Å²) in [6.45, 7) is 0.156. The molecule has 1 aliphatic heterocycles. The van der Waals surface area contributed by atoms with Crippen molar-refractivity contribution in [2.75, 3.05) is 7.11 Å². The summed E-state index contributed by atoms with van der Waals surface area (Å²) in [7, 11) is 1.29. The highest BCUT2D eigenvalue weighted by Crippen LogP contribution is 2.59. The predicted octanol–water partition coefficient (Wildman–Crippen LogP) is 4.60. The van der Waals surface area contributed by atoms with Crippen LogP contribution in [0.1, 0.15) is 17.2 Å². The molecule has 6 nitrogen and oxygen atoms in total. The van der Waals surface area contributed by atoms with E-state index in [4.69, 9.17) is 16.3 Å². The van der Waals surface area contributed by atoms with E-state index in [1.165, 1.54) is 24.2 Å². The van der Waals surface area contributed by atoms with Crippen LogP contribution in [0.5, 0.6) is 0 Å². The van der Waals surface area contributed by atoms with E-state index in [9.17, 15) is 9.18 Å². The zero-order valence-electron chi connectivity index (χ0n) is 14.7. The maximum atomic E-state index is 14.7. The number of carbonyl (C=O) groups is 1. The molecule has 2 unspecified atom stereocenters. The Morgan fingerprint density at radius 1 is 1.32 bits per heavy atom. The van der Waals surface area contributed by atoms with E-state index in [0.29, 0.717) is 15.7 Å². The molecule has 0 saturated carbocycles. The first-order valence-electron chi connectivity index (χ1n) is 8.36. The Balaban J connectivity index is 1.73. The summed E-state index contributed by atoms with van der Waals surface area (Å²) < 4.78 is 26.9. The Kier molecular flexibility index (Phi) is 5.09. The summed E-state index contributed by atoms with van der Waals surface area (Å²) in [6.07, 6.45) is 0.867. The highest BCUT2D eigenvalue weighted by molar-refractivity contribution is 8.13. The van der Waals surface area contributed by atoms with Crippen molar-refractivity contribution in [2.24, 2.45) is 0 Å². The molecule has 1 saturated heterocycles. The van der Waals surface area contributed by atoms with Gasteiger partial charge in [-0.15, -0.1) is 0 Å². The van der Waals surface area contributed by atoms with E-state index in [-0.39, 0.29) is 12.4 Å². The van der Waals surface area contributed by atoms with E-state index >= 15 is 0 Å². The molecule has 0 aliphatic carbocycles. The summed E-state index contributed by atoms with van der Waals surface area (Å²) in [5.74, 6) is -0.390. The third kappa shape index (κ3) is 3.39. The number of epoxide rings is 1. The Morgan fingerprint density at radius 3 is 2.82 bits per heavy atom. The van der Waals surface area contributed by atoms with Gasteiger partial charge in [0.2, 0.25) is 0 Å². The molecular formula is C19H15ClFN3O3S. The van der Waals surface area contributed by atoms with Gasteiger partial charge in [0.05, 0.1) is 13.7 Å². The van der Waals surface area contributed by atoms with E-state index in [0.717, 1.165) is 17.3 Å². The van der Waals surface area contributed by atoms with Crippen molar-refractivity contribution in [3.05, 3.63) is 76.8 Å². The Hall–Kier alpha value is -2.42. The van der Waals surface area contributed by atoms with Crippen LogP contribution in [0.4, 0.5) is 9.18 Å². The van der Waals surface area contributed by atoms with Crippen molar-refractivity contribution < 1.29 is 18.7 Å². The molecule has 1 aliphatic rings. The minimum absolute atomic E-state index is 0.156. The summed E-state index contributed by atoms with van der Waals surface area (Å²) >= 11 is 7.14. The zero-order chi connectivity index (χ0) is 19.7. The average Bonchev–Trinajstić information content (AvgIpc) is 3.25. The second-order valence-corrected chi connectivity index (χ2v) is 7.45. The smallest absolute Gasteiger partial charge is 0.374 e. The summed E-state index contributed by atoms with van der Waals surface area (Å²) in [5.41, 5.74) is 0.134. The van der Waals surface area contributed by atoms with Gasteiger partial charge in [0.1, 0.15) is 23.8 Å². The van der Waals surface area contributed by atoms with E-state index in [1.807, 2.05) is 18.2 Å². The normalized spacial score (nSPS) is 20.8. The first-order chi connectivity index (χ1) is 13.5. The third-order valence-corrected chi connectivity index (χ3v) is 5.69. The van der Waals surface area contributed by atoms with E-state index in [1.54, 1.807) is 24.3 Å². The fraction of sp³-hybridized carbons (Fsp3) is 0.211. The fourth-order valence-corrected chi connectivity index (χ4v) is 3.96. The quantitative estimate of drug-likeness (QED) is 0.342. The van der Waals surface area contributed by atoms with Crippen molar-refractivity contribution in [2.45, 2.75) is 23.4 Å². The molecule has 0 spiro atoms. The summed E-state index contributed by atoms with van der Waals surface area (Å²) in [5, 5.41) is 4.52. The van der Waals surface area contributed by atoms with Crippen LogP contribution in [-0.2, 0) is 21.6 Å². The topological polar surface area (TPSA) is 69.5 Å². The lowest BCUT2D eigenvalue weighted by atomic mass is 9.91. The number of rotatable bonds is 5. The molecule has 144 valence electrons. The van der Waals surface area contributed by atoms with Crippen molar-refractivity contribution in [3.8, 4) is 0 Å². The number of hydrogen-bond donors (Lipinski definition) is 0. The van der Waals surface area contributed by atoms with Crippen molar-refractivity contribution in [3.63, 3.8) is 0 Å². The lowest BCUT2D eigenvalue weighted by molar-refractivity contribution is 0.200. The molecule has 3 aromatic rings. The van der Waals surface area contributed by atoms with Gasteiger partial charge in [-0.2, -0.15) is 5.10 Å². The minimum Gasteiger partial charge on any atom is -0.461 e. The molecule has 0 bridgehead atoms. The molecule has 9 heteroatoms. The summed E-state index contributed by atoms with van der Waals surface area (Å²) in [4.78, 5) is 15.7. The van der Waals surface area contributed by atoms with Crippen LogP contribution in [0.25, 0.3) is 0 Å². The molecule has 28 heavy (non-hydrogen) atoms. The number of carbonyl (C=O) groups excluding carboxylic acids is 1. The molecule has 1 aromatic heterocycles. The number of aromatic nitrogens is 3. The van der Waals surface area contributed by atoms with Crippen LogP contribution < -0.4 is 0 Å². The molecule has 2 heterocycles. The van der Waals surface area contributed by atoms with Gasteiger partial charge < -0.3 is 9.47 Å².